The Hall–Kier alpha value is -1.07. The summed E-state index contributed by atoms with van der Waals surface area (Å²) in [5.74, 6) is 0. The van der Waals surface area contributed by atoms with Gasteiger partial charge in [0.1, 0.15) is 4.90 Å². The molecule has 0 bridgehead atoms. The highest BCUT2D eigenvalue weighted by atomic mass is 32.2. The highest BCUT2D eigenvalue weighted by molar-refractivity contribution is 7.97. The molecule has 0 atom stereocenters. The number of hydrogen-bond donors (Lipinski definition) is 1. The van der Waals surface area contributed by atoms with Gasteiger partial charge in [0.15, 0.2) is 0 Å². The monoisotopic (exact) mass is 198 g/mol. The van der Waals surface area contributed by atoms with Crippen LogP contribution in [-0.4, -0.2) is 11.5 Å². The first kappa shape index (κ1) is 10.0. The second-order valence-corrected chi connectivity index (χ2v) is 3.26. The summed E-state index contributed by atoms with van der Waals surface area (Å²) in [6, 6.07) is 6.67. The van der Waals surface area contributed by atoms with E-state index in [2.05, 4.69) is 4.72 Å². The van der Waals surface area contributed by atoms with Gasteiger partial charge in [0.25, 0.3) is 5.69 Å². The van der Waals surface area contributed by atoms with Crippen LogP contribution >= 0.6 is 11.9 Å². The molecular formula is C8H10N2O2S. The van der Waals surface area contributed by atoms with Crippen molar-refractivity contribution in [3.05, 3.63) is 34.4 Å². The summed E-state index contributed by atoms with van der Waals surface area (Å²) in [5, 5.41) is 10.5. The van der Waals surface area contributed by atoms with Crippen molar-refractivity contribution in [1.29, 1.82) is 0 Å². The van der Waals surface area contributed by atoms with Crippen LogP contribution in [0.15, 0.2) is 29.2 Å². The van der Waals surface area contributed by atoms with E-state index >= 15 is 0 Å². The van der Waals surface area contributed by atoms with E-state index in [4.69, 9.17) is 0 Å². The molecule has 1 N–H and O–H groups in total. The lowest BCUT2D eigenvalue weighted by molar-refractivity contribution is -0.387. The van der Waals surface area contributed by atoms with Gasteiger partial charge in [0.2, 0.25) is 0 Å². The Morgan fingerprint density at radius 3 is 2.85 bits per heavy atom. The minimum atomic E-state index is -0.375. The third-order valence-electron chi connectivity index (χ3n) is 1.39. The Balaban J connectivity index is 2.84. The molecular weight excluding hydrogens is 188 g/mol. The van der Waals surface area contributed by atoms with Crippen LogP contribution in [0.4, 0.5) is 5.69 Å². The fourth-order valence-electron chi connectivity index (χ4n) is 0.844. The Morgan fingerprint density at radius 1 is 1.54 bits per heavy atom. The van der Waals surface area contributed by atoms with Gasteiger partial charge in [-0.15, -0.1) is 0 Å². The average molecular weight is 198 g/mol. The molecule has 0 heterocycles. The van der Waals surface area contributed by atoms with Gasteiger partial charge in [0.05, 0.1) is 4.92 Å². The van der Waals surface area contributed by atoms with Crippen molar-refractivity contribution in [2.75, 3.05) is 6.54 Å². The van der Waals surface area contributed by atoms with Crippen LogP contribution in [0.3, 0.4) is 0 Å². The van der Waals surface area contributed by atoms with Gasteiger partial charge in [0, 0.05) is 12.6 Å². The SMILES string of the molecule is CCNSc1ccccc1[N+](=O)[O-]. The van der Waals surface area contributed by atoms with Gasteiger partial charge >= 0.3 is 0 Å². The lowest BCUT2D eigenvalue weighted by Crippen LogP contribution is -2.01. The standard InChI is InChI=1S/C8H10N2O2S/c1-2-9-13-8-6-4-3-5-7(8)10(11)12/h3-6,9H,2H2,1H3. The molecule has 0 aromatic heterocycles. The summed E-state index contributed by atoms with van der Waals surface area (Å²) in [6.45, 7) is 2.72. The largest absolute Gasteiger partial charge is 0.284 e. The topological polar surface area (TPSA) is 55.2 Å². The molecule has 4 nitrogen and oxygen atoms in total. The molecule has 0 amide bonds. The number of nitro groups is 1. The zero-order chi connectivity index (χ0) is 9.68. The lowest BCUT2D eigenvalue weighted by Gasteiger charge is -2.01. The molecule has 0 unspecified atom stereocenters. The van der Waals surface area contributed by atoms with Crippen LogP contribution < -0.4 is 4.72 Å². The fraction of sp³-hybridized carbons (Fsp3) is 0.250. The van der Waals surface area contributed by atoms with Crippen molar-refractivity contribution in [2.45, 2.75) is 11.8 Å². The van der Waals surface area contributed by atoms with Gasteiger partial charge in [-0.3, -0.25) is 14.8 Å². The van der Waals surface area contributed by atoms with Crippen molar-refractivity contribution >= 4 is 17.6 Å². The molecule has 0 saturated heterocycles. The summed E-state index contributed by atoms with van der Waals surface area (Å²) in [7, 11) is 0. The molecule has 70 valence electrons. The van der Waals surface area contributed by atoms with E-state index in [0.29, 0.717) is 4.90 Å². The minimum absolute atomic E-state index is 0.147. The summed E-state index contributed by atoms with van der Waals surface area (Å²) in [6.07, 6.45) is 0. The van der Waals surface area contributed by atoms with Crippen LogP contribution in [0, 0.1) is 10.1 Å². The van der Waals surface area contributed by atoms with E-state index in [1.54, 1.807) is 18.2 Å². The summed E-state index contributed by atoms with van der Waals surface area (Å²) >= 11 is 1.28. The lowest BCUT2D eigenvalue weighted by atomic mass is 10.3. The predicted octanol–water partition coefficient (Wildman–Crippen LogP) is 2.21. The van der Waals surface area contributed by atoms with Crippen LogP contribution in [0.1, 0.15) is 6.92 Å². The molecule has 0 fully saturated rings. The summed E-state index contributed by atoms with van der Waals surface area (Å²) in [5.41, 5.74) is 0.147. The van der Waals surface area contributed by atoms with Gasteiger partial charge < -0.3 is 0 Å². The quantitative estimate of drug-likeness (QED) is 0.458. The summed E-state index contributed by atoms with van der Waals surface area (Å²) < 4.78 is 2.97. The Kier molecular flexibility index (Phi) is 3.72. The van der Waals surface area contributed by atoms with Gasteiger partial charge in [-0.25, -0.2) is 0 Å². The molecule has 0 spiro atoms. The van der Waals surface area contributed by atoms with E-state index in [0.717, 1.165) is 6.54 Å². The molecule has 0 saturated carbocycles. The minimum Gasteiger partial charge on any atom is -0.260 e. The maximum absolute atomic E-state index is 10.5. The maximum Gasteiger partial charge on any atom is 0.284 e. The smallest absolute Gasteiger partial charge is 0.260 e. The Bertz CT molecular complexity index is 304. The van der Waals surface area contributed by atoms with E-state index < -0.39 is 0 Å². The molecule has 0 aliphatic heterocycles. The average Bonchev–Trinajstić information content (AvgIpc) is 2.15. The van der Waals surface area contributed by atoms with Crippen LogP contribution in [-0.2, 0) is 0 Å². The molecule has 1 aromatic carbocycles. The molecule has 1 aromatic rings. The first-order valence-corrected chi connectivity index (χ1v) is 4.70. The molecule has 13 heavy (non-hydrogen) atoms. The fourth-order valence-corrected chi connectivity index (χ4v) is 1.54. The Labute approximate surface area is 80.6 Å². The van der Waals surface area contributed by atoms with E-state index in [-0.39, 0.29) is 10.6 Å². The second kappa shape index (κ2) is 4.84. The van der Waals surface area contributed by atoms with Crippen LogP contribution in [0.5, 0.6) is 0 Å². The van der Waals surface area contributed by atoms with Crippen molar-refractivity contribution in [3.63, 3.8) is 0 Å². The van der Waals surface area contributed by atoms with Crippen LogP contribution in [0.25, 0.3) is 0 Å². The number of para-hydroxylation sites is 1. The molecule has 1 rings (SSSR count). The molecule has 5 heteroatoms. The maximum atomic E-state index is 10.5. The second-order valence-electron chi connectivity index (χ2n) is 2.32. The number of nitro benzene ring substituents is 1. The van der Waals surface area contributed by atoms with Gasteiger partial charge in [-0.1, -0.05) is 19.1 Å². The third kappa shape index (κ3) is 2.71. The van der Waals surface area contributed by atoms with Gasteiger partial charge in [-0.05, 0) is 18.0 Å². The molecule has 0 aliphatic carbocycles. The predicted molar refractivity (Wildman–Crippen MR) is 52.6 cm³/mol. The van der Waals surface area contributed by atoms with Crippen molar-refractivity contribution < 1.29 is 4.92 Å². The van der Waals surface area contributed by atoms with Crippen LogP contribution in [0.2, 0.25) is 0 Å². The van der Waals surface area contributed by atoms with E-state index in [9.17, 15) is 10.1 Å². The number of nitrogens with one attached hydrogen (secondary N) is 1. The zero-order valence-electron chi connectivity index (χ0n) is 7.19. The number of hydrogen-bond acceptors (Lipinski definition) is 4. The van der Waals surface area contributed by atoms with Crippen molar-refractivity contribution in [3.8, 4) is 0 Å². The highest BCUT2D eigenvalue weighted by Gasteiger charge is 2.11. The zero-order valence-corrected chi connectivity index (χ0v) is 8.00. The van der Waals surface area contributed by atoms with Gasteiger partial charge in [-0.2, -0.15) is 0 Å². The normalized spacial score (nSPS) is 9.92. The molecule has 0 aliphatic rings. The number of rotatable bonds is 4. The third-order valence-corrected chi connectivity index (χ3v) is 2.39. The summed E-state index contributed by atoms with van der Waals surface area (Å²) in [4.78, 5) is 10.8. The van der Waals surface area contributed by atoms with Crippen molar-refractivity contribution in [2.24, 2.45) is 0 Å². The Morgan fingerprint density at radius 2 is 2.23 bits per heavy atom. The van der Waals surface area contributed by atoms with Crippen molar-refractivity contribution in [1.82, 2.24) is 4.72 Å². The van der Waals surface area contributed by atoms with E-state index in [1.165, 1.54) is 18.0 Å². The molecule has 0 radical (unpaired) electrons. The first-order chi connectivity index (χ1) is 6.25. The number of benzene rings is 1. The number of nitrogens with zero attached hydrogens (tertiary/aromatic N) is 1. The first-order valence-electron chi connectivity index (χ1n) is 3.89. The highest BCUT2D eigenvalue weighted by Crippen LogP contribution is 2.25. The van der Waals surface area contributed by atoms with E-state index in [1.807, 2.05) is 6.92 Å².